The third kappa shape index (κ3) is 4.06. The van der Waals surface area contributed by atoms with E-state index < -0.39 is 10.0 Å². The minimum Gasteiger partial charge on any atom is -0.376 e. The summed E-state index contributed by atoms with van der Waals surface area (Å²) in [5, 5.41) is 0.296. The molecule has 1 saturated heterocycles. The lowest BCUT2D eigenvalue weighted by atomic mass is 9.77. The molecule has 0 unspecified atom stereocenters. The van der Waals surface area contributed by atoms with Gasteiger partial charge < -0.3 is 9.64 Å². The Hall–Kier alpha value is -0.660. The van der Waals surface area contributed by atoms with Crippen molar-refractivity contribution in [3.8, 4) is 0 Å². The lowest BCUT2D eigenvalue weighted by Crippen LogP contribution is -2.48. The highest BCUT2D eigenvalue weighted by molar-refractivity contribution is 7.89. The number of halogens is 1. The molecule has 4 atom stereocenters. The second-order valence-corrected chi connectivity index (χ2v) is 10.9. The van der Waals surface area contributed by atoms with E-state index in [1.54, 1.807) is 28.6 Å². The molecule has 2 saturated carbocycles. The van der Waals surface area contributed by atoms with Gasteiger partial charge in [-0.15, -0.1) is 0 Å². The molecule has 2 aliphatic carbocycles. The van der Waals surface area contributed by atoms with Gasteiger partial charge in [-0.25, -0.2) is 8.42 Å². The van der Waals surface area contributed by atoms with Crippen molar-refractivity contribution < 1.29 is 13.2 Å². The number of sulfonamides is 1. The van der Waals surface area contributed by atoms with Crippen LogP contribution >= 0.6 is 11.6 Å². The van der Waals surface area contributed by atoms with Crippen LogP contribution in [0.1, 0.15) is 25.7 Å². The van der Waals surface area contributed by atoms with Crippen molar-refractivity contribution in [2.75, 3.05) is 33.8 Å². The van der Waals surface area contributed by atoms with Crippen LogP contribution in [0.4, 0.5) is 0 Å². The number of nitrogens with zero attached hydrogens (tertiary/aromatic N) is 2. The van der Waals surface area contributed by atoms with Gasteiger partial charge in [0.25, 0.3) is 0 Å². The van der Waals surface area contributed by atoms with E-state index in [0.29, 0.717) is 36.0 Å². The molecule has 0 bridgehead atoms. The van der Waals surface area contributed by atoms with E-state index in [9.17, 15) is 8.42 Å². The lowest BCUT2D eigenvalue weighted by Gasteiger charge is -2.41. The first-order valence-electron chi connectivity index (χ1n) is 9.89. The van der Waals surface area contributed by atoms with Crippen LogP contribution in [0, 0.1) is 17.8 Å². The summed E-state index contributed by atoms with van der Waals surface area (Å²) in [6.45, 7) is 2.01. The van der Waals surface area contributed by atoms with Gasteiger partial charge in [0.15, 0.2) is 0 Å². The highest BCUT2D eigenvalue weighted by Crippen LogP contribution is 2.42. The summed E-state index contributed by atoms with van der Waals surface area (Å²) >= 11 is 6.17. The number of rotatable bonds is 6. The molecule has 3 fully saturated rings. The highest BCUT2D eigenvalue weighted by Gasteiger charge is 2.47. The molecule has 0 aromatic heterocycles. The summed E-state index contributed by atoms with van der Waals surface area (Å²) in [6.07, 6.45) is 4.70. The van der Waals surface area contributed by atoms with E-state index in [0.717, 1.165) is 25.4 Å². The first kappa shape index (κ1) is 19.6. The van der Waals surface area contributed by atoms with Crippen LogP contribution in [0.2, 0.25) is 5.02 Å². The summed E-state index contributed by atoms with van der Waals surface area (Å²) in [5.74, 6) is 1.49. The van der Waals surface area contributed by atoms with Crippen molar-refractivity contribution in [1.82, 2.24) is 9.21 Å². The Labute approximate surface area is 167 Å². The zero-order valence-electron chi connectivity index (χ0n) is 16.1. The number of likely N-dealkylation sites (N-methyl/N-ethyl adjacent to an activating group) is 1. The normalized spacial score (nSPS) is 32.0. The maximum Gasteiger partial charge on any atom is 0.244 e. The molecule has 1 heterocycles. The zero-order chi connectivity index (χ0) is 19.2. The smallest absolute Gasteiger partial charge is 0.244 e. The van der Waals surface area contributed by atoms with Gasteiger partial charge in [0.1, 0.15) is 4.90 Å². The predicted octanol–water partition coefficient (Wildman–Crippen LogP) is 3.10. The van der Waals surface area contributed by atoms with Crippen molar-refractivity contribution in [2.45, 2.75) is 42.7 Å². The fourth-order valence-electron chi connectivity index (χ4n) is 4.60. The molecule has 150 valence electrons. The molecule has 0 radical (unpaired) electrons. The Balaban J connectivity index is 1.49. The van der Waals surface area contributed by atoms with Crippen molar-refractivity contribution in [1.29, 1.82) is 0 Å². The minimum atomic E-state index is -3.55. The summed E-state index contributed by atoms with van der Waals surface area (Å²) in [6, 6.07) is 7.08. The van der Waals surface area contributed by atoms with Crippen LogP contribution in [0.5, 0.6) is 0 Å². The number of hydrogen-bond acceptors (Lipinski definition) is 4. The third-order valence-corrected chi connectivity index (χ3v) is 8.74. The van der Waals surface area contributed by atoms with Gasteiger partial charge in [0.05, 0.1) is 11.1 Å². The van der Waals surface area contributed by atoms with Gasteiger partial charge in [0, 0.05) is 25.7 Å². The van der Waals surface area contributed by atoms with E-state index in [1.165, 1.54) is 12.8 Å². The average Bonchev–Trinajstić information content (AvgIpc) is 3.36. The van der Waals surface area contributed by atoms with Crippen LogP contribution < -0.4 is 0 Å². The zero-order valence-corrected chi connectivity index (χ0v) is 17.6. The molecule has 4 rings (SSSR count). The predicted molar refractivity (Wildman–Crippen MR) is 106 cm³/mol. The molecule has 7 heteroatoms. The summed E-state index contributed by atoms with van der Waals surface area (Å²) in [5.41, 5.74) is 0. The van der Waals surface area contributed by atoms with Gasteiger partial charge in [-0.3, -0.25) is 0 Å². The molecule has 3 aliphatic rings. The third-order valence-electron chi connectivity index (χ3n) is 6.41. The molecular formula is C20H29ClN2O3S. The first-order chi connectivity index (χ1) is 12.9. The molecule has 1 aromatic carbocycles. The van der Waals surface area contributed by atoms with Crippen molar-refractivity contribution in [2.24, 2.45) is 17.8 Å². The minimum absolute atomic E-state index is 0.199. The van der Waals surface area contributed by atoms with Crippen LogP contribution in [0.25, 0.3) is 0 Å². The van der Waals surface area contributed by atoms with Crippen molar-refractivity contribution >= 4 is 21.6 Å². The lowest BCUT2D eigenvalue weighted by molar-refractivity contribution is -0.0493. The van der Waals surface area contributed by atoms with Gasteiger partial charge in [0.2, 0.25) is 10.0 Å². The van der Waals surface area contributed by atoms with Crippen molar-refractivity contribution in [3.63, 3.8) is 0 Å². The molecule has 1 aromatic rings. The molecular weight excluding hydrogens is 384 g/mol. The van der Waals surface area contributed by atoms with Crippen LogP contribution in [-0.2, 0) is 14.8 Å². The van der Waals surface area contributed by atoms with Crippen molar-refractivity contribution in [3.05, 3.63) is 29.3 Å². The van der Waals surface area contributed by atoms with E-state index in [4.69, 9.17) is 16.3 Å². The Morgan fingerprint density at radius 3 is 2.44 bits per heavy atom. The molecule has 0 amide bonds. The fraction of sp³-hybridized carbons (Fsp3) is 0.700. The summed E-state index contributed by atoms with van der Waals surface area (Å²) in [7, 11) is 0.654. The number of hydrogen-bond donors (Lipinski definition) is 0. The van der Waals surface area contributed by atoms with Gasteiger partial charge in [-0.1, -0.05) is 23.7 Å². The van der Waals surface area contributed by atoms with E-state index in [1.807, 2.05) is 0 Å². The Morgan fingerprint density at radius 2 is 1.81 bits per heavy atom. The maximum atomic E-state index is 13.1. The Morgan fingerprint density at radius 1 is 1.15 bits per heavy atom. The van der Waals surface area contributed by atoms with Crippen LogP contribution in [-0.4, -0.2) is 63.6 Å². The second kappa shape index (κ2) is 7.64. The standard InChI is InChI=1S/C20H29ClN2O3S/c1-22(2)18-9-15-11-23(27(24,25)20-6-4-3-5-17(20)21)12-16(15)10-19(18)26-13-14-7-8-14/h3-6,14-16,18-19H,7-13H2,1-2H3/t15-,16+,18-,19-/m1/s1. The SMILES string of the molecule is CN(C)[C@@H]1C[C@@H]2CN(S(=O)(=O)c3ccccc3Cl)C[C@@H]2C[C@H]1OCC1CC1. The van der Waals surface area contributed by atoms with Crippen LogP contribution in [0.3, 0.4) is 0 Å². The number of benzene rings is 1. The molecule has 1 aliphatic heterocycles. The fourth-order valence-corrected chi connectivity index (χ4v) is 6.65. The van der Waals surface area contributed by atoms with Gasteiger partial charge >= 0.3 is 0 Å². The Kier molecular flexibility index (Phi) is 5.56. The van der Waals surface area contributed by atoms with Crippen LogP contribution in [0.15, 0.2) is 29.2 Å². The average molecular weight is 413 g/mol. The molecule has 5 nitrogen and oxygen atoms in total. The monoisotopic (exact) mass is 412 g/mol. The summed E-state index contributed by atoms with van der Waals surface area (Å²) in [4.78, 5) is 2.47. The van der Waals surface area contributed by atoms with Gasteiger partial charge in [-0.05, 0) is 69.7 Å². The topological polar surface area (TPSA) is 49.9 Å². The van der Waals surface area contributed by atoms with E-state index in [2.05, 4.69) is 19.0 Å². The van der Waals surface area contributed by atoms with E-state index in [-0.39, 0.29) is 11.0 Å². The second-order valence-electron chi connectivity index (χ2n) is 8.59. The highest BCUT2D eigenvalue weighted by atomic mass is 35.5. The number of ether oxygens (including phenoxy) is 1. The van der Waals surface area contributed by atoms with Gasteiger partial charge in [-0.2, -0.15) is 4.31 Å². The first-order valence-corrected chi connectivity index (χ1v) is 11.7. The van der Waals surface area contributed by atoms with E-state index >= 15 is 0 Å². The Bertz CT molecular complexity index is 781. The largest absolute Gasteiger partial charge is 0.376 e. The molecule has 27 heavy (non-hydrogen) atoms. The quantitative estimate of drug-likeness (QED) is 0.720. The molecule has 0 N–H and O–H groups in total. The summed E-state index contributed by atoms with van der Waals surface area (Å²) < 4.78 is 34.2. The molecule has 0 spiro atoms. The maximum absolute atomic E-state index is 13.1. The number of fused-ring (bicyclic) bond motifs is 1.